The number of hydrogen-bond acceptors (Lipinski definition) is 5. The van der Waals surface area contributed by atoms with Crippen molar-refractivity contribution >= 4 is 34.4 Å². The molecule has 2 heterocycles. The molecular formula is C26H26N2O3S. The molecule has 32 heavy (non-hydrogen) atoms. The number of methoxy groups -OCH3 is 1. The van der Waals surface area contributed by atoms with Crippen molar-refractivity contribution in [3.05, 3.63) is 87.6 Å². The van der Waals surface area contributed by atoms with Gasteiger partial charge in [-0.1, -0.05) is 12.1 Å². The van der Waals surface area contributed by atoms with E-state index in [0.717, 1.165) is 28.3 Å². The summed E-state index contributed by atoms with van der Waals surface area (Å²) in [7, 11) is 1.64. The van der Waals surface area contributed by atoms with Crippen LogP contribution in [-0.2, 0) is 17.6 Å². The van der Waals surface area contributed by atoms with E-state index in [9.17, 15) is 9.59 Å². The second-order valence-electron chi connectivity index (χ2n) is 8.51. The van der Waals surface area contributed by atoms with Gasteiger partial charge in [0.05, 0.1) is 13.5 Å². The van der Waals surface area contributed by atoms with Crippen LogP contribution < -0.4 is 15.4 Å². The first kappa shape index (κ1) is 21.8. The van der Waals surface area contributed by atoms with Crippen molar-refractivity contribution in [2.75, 3.05) is 12.4 Å². The van der Waals surface area contributed by atoms with Crippen LogP contribution in [0.15, 0.2) is 66.1 Å². The zero-order chi connectivity index (χ0) is 22.7. The minimum Gasteiger partial charge on any atom is -0.497 e. The molecule has 0 saturated heterocycles. The van der Waals surface area contributed by atoms with Crippen molar-refractivity contribution in [1.82, 2.24) is 5.32 Å². The first-order valence-electron chi connectivity index (χ1n) is 10.5. The second kappa shape index (κ2) is 9.01. The summed E-state index contributed by atoms with van der Waals surface area (Å²) >= 11 is 1.56. The summed E-state index contributed by atoms with van der Waals surface area (Å²) in [4.78, 5) is 26.2. The zero-order valence-corrected chi connectivity index (χ0v) is 19.2. The molecule has 1 aliphatic heterocycles. The summed E-state index contributed by atoms with van der Waals surface area (Å²) in [6.07, 6.45) is 2.84. The fourth-order valence-corrected chi connectivity index (χ4v) is 4.57. The van der Waals surface area contributed by atoms with E-state index in [0.29, 0.717) is 17.7 Å². The van der Waals surface area contributed by atoms with E-state index >= 15 is 0 Å². The fourth-order valence-electron chi connectivity index (χ4n) is 3.86. The number of thiophene rings is 1. The summed E-state index contributed by atoms with van der Waals surface area (Å²) in [6.45, 7) is 4.23. The molecule has 1 amide bonds. The molecule has 0 spiro atoms. The predicted molar refractivity (Wildman–Crippen MR) is 129 cm³/mol. The number of allylic oxidation sites excluding steroid dienone is 1. The number of anilines is 1. The lowest BCUT2D eigenvalue weighted by molar-refractivity contribution is -0.115. The highest BCUT2D eigenvalue weighted by Crippen LogP contribution is 2.32. The van der Waals surface area contributed by atoms with Gasteiger partial charge in [0.25, 0.3) is 0 Å². The number of nitrogens with one attached hydrogen (secondary N) is 2. The highest BCUT2D eigenvalue weighted by Gasteiger charge is 2.28. The van der Waals surface area contributed by atoms with Crippen LogP contribution in [0, 0.1) is 0 Å². The number of ether oxygens (including phenoxy) is 1. The lowest BCUT2D eigenvalue weighted by atomic mass is 9.85. The van der Waals surface area contributed by atoms with E-state index in [4.69, 9.17) is 4.74 Å². The molecule has 5 nitrogen and oxygen atoms in total. The van der Waals surface area contributed by atoms with E-state index in [1.54, 1.807) is 48.8 Å². The lowest BCUT2D eigenvalue weighted by Crippen LogP contribution is -2.43. The third kappa shape index (κ3) is 5.08. The molecule has 4 rings (SSSR count). The van der Waals surface area contributed by atoms with Crippen molar-refractivity contribution in [3.63, 3.8) is 0 Å². The van der Waals surface area contributed by atoms with Gasteiger partial charge in [0, 0.05) is 39.0 Å². The Morgan fingerprint density at radius 1 is 1.16 bits per heavy atom. The van der Waals surface area contributed by atoms with Gasteiger partial charge in [-0.3, -0.25) is 9.59 Å². The van der Waals surface area contributed by atoms with Crippen LogP contribution >= 0.6 is 11.3 Å². The maximum absolute atomic E-state index is 13.0. The largest absolute Gasteiger partial charge is 0.497 e. The van der Waals surface area contributed by atoms with Gasteiger partial charge < -0.3 is 15.4 Å². The van der Waals surface area contributed by atoms with Crippen LogP contribution in [0.5, 0.6) is 5.75 Å². The second-order valence-corrected chi connectivity index (χ2v) is 9.54. The van der Waals surface area contributed by atoms with E-state index in [1.165, 1.54) is 5.56 Å². The first-order valence-corrected chi connectivity index (χ1v) is 11.3. The van der Waals surface area contributed by atoms with Crippen LogP contribution in [0.1, 0.15) is 40.2 Å². The average Bonchev–Trinajstić information content (AvgIpc) is 3.26. The number of amides is 1. The Kier molecular flexibility index (Phi) is 6.15. The Labute approximate surface area is 192 Å². The quantitative estimate of drug-likeness (QED) is 0.409. The standard InChI is InChI=1S/C26H26N2O3S/c1-26(2)16-18-8-11-20(31-3)13-22(18)23(28-26)15-24(29)17-6-9-19(10-7-17)27-25(30)14-21-5-4-12-32-21/h4-13,15,28H,14,16H2,1-3H3,(H,27,30)/b23-15-. The molecule has 1 aromatic heterocycles. The molecule has 0 bridgehead atoms. The summed E-state index contributed by atoms with van der Waals surface area (Å²) < 4.78 is 5.37. The normalized spacial score (nSPS) is 15.5. The third-order valence-electron chi connectivity index (χ3n) is 5.36. The Bertz CT molecular complexity index is 1160. The van der Waals surface area contributed by atoms with Gasteiger partial charge in [-0.05, 0) is 73.7 Å². The Morgan fingerprint density at radius 2 is 1.94 bits per heavy atom. The topological polar surface area (TPSA) is 67.4 Å². The van der Waals surface area contributed by atoms with E-state index in [2.05, 4.69) is 30.5 Å². The van der Waals surface area contributed by atoms with Crippen LogP contribution in [-0.4, -0.2) is 24.3 Å². The molecule has 0 atom stereocenters. The number of rotatable bonds is 6. The molecule has 1 aliphatic rings. The molecule has 0 aliphatic carbocycles. The van der Waals surface area contributed by atoms with E-state index in [-0.39, 0.29) is 17.2 Å². The van der Waals surface area contributed by atoms with Crippen LogP contribution in [0.25, 0.3) is 5.70 Å². The number of carbonyl (C=O) groups is 2. The molecule has 2 N–H and O–H groups in total. The van der Waals surface area contributed by atoms with Crippen LogP contribution in [0.2, 0.25) is 0 Å². The molecule has 2 aromatic carbocycles. The van der Waals surface area contributed by atoms with Crippen molar-refractivity contribution < 1.29 is 14.3 Å². The Morgan fingerprint density at radius 3 is 2.62 bits per heavy atom. The van der Waals surface area contributed by atoms with Gasteiger partial charge in [-0.25, -0.2) is 0 Å². The summed E-state index contributed by atoms with van der Waals surface area (Å²) in [5.74, 6) is 0.578. The van der Waals surface area contributed by atoms with Crippen molar-refractivity contribution in [1.29, 1.82) is 0 Å². The summed E-state index contributed by atoms with van der Waals surface area (Å²) in [5.41, 5.74) is 4.01. The number of carbonyl (C=O) groups excluding carboxylic acids is 2. The van der Waals surface area contributed by atoms with Gasteiger partial charge in [0.1, 0.15) is 5.75 Å². The average molecular weight is 447 g/mol. The van der Waals surface area contributed by atoms with Gasteiger partial charge >= 0.3 is 0 Å². The highest BCUT2D eigenvalue weighted by atomic mass is 32.1. The number of ketones is 1. The van der Waals surface area contributed by atoms with Crippen molar-refractivity contribution in [3.8, 4) is 5.75 Å². The molecule has 0 saturated carbocycles. The fraction of sp³-hybridized carbons (Fsp3) is 0.231. The molecule has 6 heteroatoms. The van der Waals surface area contributed by atoms with Gasteiger partial charge in [0.2, 0.25) is 5.91 Å². The summed E-state index contributed by atoms with van der Waals surface area (Å²) in [6, 6.07) is 16.8. The van der Waals surface area contributed by atoms with Crippen LogP contribution in [0.4, 0.5) is 5.69 Å². The third-order valence-corrected chi connectivity index (χ3v) is 6.23. The predicted octanol–water partition coefficient (Wildman–Crippen LogP) is 5.09. The molecular weight excluding hydrogens is 420 g/mol. The van der Waals surface area contributed by atoms with E-state index in [1.807, 2.05) is 29.6 Å². The number of benzene rings is 2. The van der Waals surface area contributed by atoms with Gasteiger partial charge in [0.15, 0.2) is 5.78 Å². The maximum atomic E-state index is 13.0. The minimum atomic E-state index is -0.162. The Hall–Kier alpha value is -3.38. The monoisotopic (exact) mass is 446 g/mol. The Balaban J connectivity index is 1.51. The molecule has 164 valence electrons. The van der Waals surface area contributed by atoms with Gasteiger partial charge in [-0.2, -0.15) is 0 Å². The SMILES string of the molecule is COc1ccc2c(c1)/C(=C/C(=O)c1ccc(NC(=O)Cc3cccs3)cc1)NC(C)(C)C2. The molecule has 0 unspecified atom stereocenters. The smallest absolute Gasteiger partial charge is 0.229 e. The van der Waals surface area contributed by atoms with Gasteiger partial charge in [-0.15, -0.1) is 11.3 Å². The number of hydrogen-bond donors (Lipinski definition) is 2. The highest BCUT2D eigenvalue weighted by molar-refractivity contribution is 7.10. The lowest BCUT2D eigenvalue weighted by Gasteiger charge is -2.35. The molecule has 0 fully saturated rings. The molecule has 0 radical (unpaired) electrons. The van der Waals surface area contributed by atoms with Crippen molar-refractivity contribution in [2.45, 2.75) is 32.2 Å². The summed E-state index contributed by atoms with van der Waals surface area (Å²) in [5, 5.41) is 8.32. The number of fused-ring (bicyclic) bond motifs is 1. The first-order chi connectivity index (χ1) is 15.3. The minimum absolute atomic E-state index is 0.0761. The van der Waals surface area contributed by atoms with Crippen molar-refractivity contribution in [2.24, 2.45) is 0 Å². The maximum Gasteiger partial charge on any atom is 0.229 e. The van der Waals surface area contributed by atoms with E-state index < -0.39 is 0 Å². The van der Waals surface area contributed by atoms with Crippen LogP contribution in [0.3, 0.4) is 0 Å². The zero-order valence-electron chi connectivity index (χ0n) is 18.4. The molecule has 3 aromatic rings.